The molecule has 12 nitrogen and oxygen atoms in total. The second-order valence-corrected chi connectivity index (χ2v) is 7.48. The summed E-state index contributed by atoms with van der Waals surface area (Å²) >= 11 is 0. The summed E-state index contributed by atoms with van der Waals surface area (Å²) in [6.45, 7) is -0.299. The second-order valence-electron chi connectivity index (χ2n) is 7.48. The van der Waals surface area contributed by atoms with Crippen LogP contribution in [0.3, 0.4) is 0 Å². The zero-order valence-corrected chi connectivity index (χ0v) is 18.2. The van der Waals surface area contributed by atoms with Gasteiger partial charge in [-0.3, -0.25) is 10.1 Å². The average molecular weight is 458 g/mol. The molecule has 4 N–H and O–H groups in total. The van der Waals surface area contributed by atoms with Crippen LogP contribution in [-0.4, -0.2) is 45.8 Å². The Balaban J connectivity index is 1.61. The average Bonchev–Trinajstić information content (AvgIpc) is 2.80. The van der Waals surface area contributed by atoms with Gasteiger partial charge in [-0.25, -0.2) is 20.6 Å². The number of aromatic nitrogens is 2. The first-order valence-corrected chi connectivity index (χ1v) is 10.4. The van der Waals surface area contributed by atoms with Gasteiger partial charge in [0.05, 0.1) is 28.7 Å². The van der Waals surface area contributed by atoms with Crippen LogP contribution in [0, 0.1) is 10.1 Å². The highest BCUT2D eigenvalue weighted by atomic mass is 16.7. The predicted molar refractivity (Wildman–Crippen MR) is 118 cm³/mol. The standard InChI is InChI=1S/C21H26N6O6/c1-26(23)18(13-31-21(28)33-16-9-7-14(8-10-16)27(29)30)20(22)17-11-25-19(12-24-17)32-15-5-3-2-4-6-15/h7-12,15H,2-6,13,22-23H2,1H3/b20-18-. The molecule has 0 amide bonds. The molecule has 0 atom stereocenters. The van der Waals surface area contributed by atoms with Crippen molar-refractivity contribution in [2.45, 2.75) is 38.2 Å². The van der Waals surface area contributed by atoms with E-state index in [-0.39, 0.29) is 35.5 Å². The maximum Gasteiger partial charge on any atom is 0.514 e. The Hall–Kier alpha value is -3.93. The third-order valence-corrected chi connectivity index (χ3v) is 5.06. The molecule has 1 fully saturated rings. The molecule has 33 heavy (non-hydrogen) atoms. The van der Waals surface area contributed by atoms with Gasteiger partial charge in [-0.15, -0.1) is 0 Å². The number of ether oxygens (including phenoxy) is 3. The second kappa shape index (κ2) is 11.1. The fourth-order valence-corrected chi connectivity index (χ4v) is 3.28. The first-order valence-electron chi connectivity index (χ1n) is 10.4. The molecular weight excluding hydrogens is 432 g/mol. The fraction of sp³-hybridized carbons (Fsp3) is 0.381. The molecular formula is C21H26N6O6. The lowest BCUT2D eigenvalue weighted by atomic mass is 9.98. The van der Waals surface area contributed by atoms with Gasteiger partial charge in [0.25, 0.3) is 5.69 Å². The number of nitro benzene ring substituents is 1. The Kier molecular flexibility index (Phi) is 7.97. The highest BCUT2D eigenvalue weighted by molar-refractivity contribution is 5.66. The molecule has 0 unspecified atom stereocenters. The van der Waals surface area contributed by atoms with E-state index in [1.165, 1.54) is 55.1 Å². The number of likely N-dealkylation sites (N-methyl/N-ethyl adjacent to an activating group) is 1. The lowest BCUT2D eigenvalue weighted by Crippen LogP contribution is -2.31. The van der Waals surface area contributed by atoms with E-state index in [0.717, 1.165) is 25.7 Å². The van der Waals surface area contributed by atoms with Crippen LogP contribution in [0.1, 0.15) is 37.8 Å². The van der Waals surface area contributed by atoms with Crippen LogP contribution in [0.2, 0.25) is 0 Å². The van der Waals surface area contributed by atoms with Gasteiger partial charge in [0, 0.05) is 19.2 Å². The minimum Gasteiger partial charge on any atom is -0.473 e. The molecule has 1 aliphatic carbocycles. The third kappa shape index (κ3) is 6.77. The molecule has 1 saturated carbocycles. The molecule has 2 aromatic rings. The van der Waals surface area contributed by atoms with Crippen molar-refractivity contribution in [3.8, 4) is 11.6 Å². The summed E-state index contributed by atoms with van der Waals surface area (Å²) in [7, 11) is 1.53. The van der Waals surface area contributed by atoms with Gasteiger partial charge < -0.3 is 25.0 Å². The van der Waals surface area contributed by atoms with Gasteiger partial charge in [-0.2, -0.15) is 0 Å². The Morgan fingerprint density at radius 2 is 1.88 bits per heavy atom. The van der Waals surface area contributed by atoms with Gasteiger partial charge in [0.15, 0.2) is 0 Å². The summed E-state index contributed by atoms with van der Waals surface area (Å²) in [5.41, 5.74) is 6.82. The molecule has 176 valence electrons. The van der Waals surface area contributed by atoms with Gasteiger partial charge in [-0.1, -0.05) is 6.42 Å². The maximum absolute atomic E-state index is 12.0. The summed E-state index contributed by atoms with van der Waals surface area (Å²) < 4.78 is 16.0. The lowest BCUT2D eigenvalue weighted by molar-refractivity contribution is -0.384. The number of carbonyl (C=O) groups excluding carboxylic acids is 1. The van der Waals surface area contributed by atoms with Crippen LogP contribution in [0.25, 0.3) is 5.70 Å². The molecule has 1 heterocycles. The van der Waals surface area contributed by atoms with Crippen molar-refractivity contribution >= 4 is 17.5 Å². The van der Waals surface area contributed by atoms with Gasteiger partial charge in [-0.05, 0) is 37.8 Å². The SMILES string of the molecule is CN(N)/C(COC(=O)Oc1ccc([N+](=O)[O-])cc1)=C(\N)c1cnc(OC2CCCCC2)cn1. The van der Waals surface area contributed by atoms with E-state index in [1.807, 2.05) is 0 Å². The number of nitrogens with two attached hydrogens (primary N) is 2. The van der Waals surface area contributed by atoms with Crippen molar-refractivity contribution < 1.29 is 23.9 Å². The van der Waals surface area contributed by atoms with Crippen LogP contribution in [0.15, 0.2) is 42.4 Å². The van der Waals surface area contributed by atoms with E-state index < -0.39 is 11.1 Å². The lowest BCUT2D eigenvalue weighted by Gasteiger charge is -2.22. The number of nitrogens with zero attached hydrogens (tertiary/aromatic N) is 4. The number of hydrogen-bond acceptors (Lipinski definition) is 11. The van der Waals surface area contributed by atoms with Gasteiger partial charge in [0.2, 0.25) is 5.88 Å². The third-order valence-electron chi connectivity index (χ3n) is 5.06. The molecule has 0 radical (unpaired) electrons. The first kappa shape index (κ1) is 23.7. The predicted octanol–water partition coefficient (Wildman–Crippen LogP) is 2.74. The van der Waals surface area contributed by atoms with Gasteiger partial charge >= 0.3 is 6.16 Å². The van der Waals surface area contributed by atoms with E-state index in [0.29, 0.717) is 11.6 Å². The quantitative estimate of drug-likeness (QED) is 0.196. The number of hydrazine groups is 1. The monoisotopic (exact) mass is 458 g/mol. The largest absolute Gasteiger partial charge is 0.514 e. The minimum atomic E-state index is -1.03. The number of carbonyl (C=O) groups is 1. The zero-order chi connectivity index (χ0) is 23.8. The minimum absolute atomic E-state index is 0.0876. The van der Waals surface area contributed by atoms with Crippen LogP contribution < -0.4 is 21.1 Å². The zero-order valence-electron chi connectivity index (χ0n) is 18.2. The molecule has 1 aliphatic rings. The number of nitro groups is 1. The van der Waals surface area contributed by atoms with E-state index >= 15 is 0 Å². The number of hydrogen-bond donors (Lipinski definition) is 2. The normalized spacial score (nSPS) is 14.7. The van der Waals surface area contributed by atoms with E-state index in [9.17, 15) is 14.9 Å². The van der Waals surface area contributed by atoms with Crippen molar-refractivity contribution in [2.24, 2.45) is 11.6 Å². The Bertz CT molecular complexity index is 987. The van der Waals surface area contributed by atoms with Crippen molar-refractivity contribution in [1.29, 1.82) is 0 Å². The van der Waals surface area contributed by atoms with Crippen LogP contribution in [0.4, 0.5) is 10.5 Å². The first-order chi connectivity index (χ1) is 15.8. The van der Waals surface area contributed by atoms with E-state index in [1.54, 1.807) is 0 Å². The topological polar surface area (TPSA) is 169 Å². The summed E-state index contributed by atoms with van der Waals surface area (Å²) in [5, 5.41) is 11.9. The highest BCUT2D eigenvalue weighted by Gasteiger charge is 2.18. The van der Waals surface area contributed by atoms with Crippen LogP contribution in [0.5, 0.6) is 11.6 Å². The highest BCUT2D eigenvalue weighted by Crippen LogP contribution is 2.23. The summed E-state index contributed by atoms with van der Waals surface area (Å²) in [4.78, 5) is 30.7. The molecule has 3 rings (SSSR count). The summed E-state index contributed by atoms with van der Waals surface area (Å²) in [5.74, 6) is 6.35. The molecule has 0 aliphatic heterocycles. The summed E-state index contributed by atoms with van der Waals surface area (Å²) in [6, 6.07) is 4.98. The summed E-state index contributed by atoms with van der Waals surface area (Å²) in [6.07, 6.45) is 7.59. The Morgan fingerprint density at radius 3 is 2.45 bits per heavy atom. The van der Waals surface area contributed by atoms with Crippen molar-refractivity contribution in [3.63, 3.8) is 0 Å². The van der Waals surface area contributed by atoms with Crippen LogP contribution in [-0.2, 0) is 4.74 Å². The molecule has 0 spiro atoms. The van der Waals surface area contributed by atoms with Crippen molar-refractivity contribution in [2.75, 3.05) is 13.7 Å². The number of benzene rings is 1. The van der Waals surface area contributed by atoms with Crippen LogP contribution >= 0.6 is 0 Å². The number of non-ortho nitro benzene ring substituents is 1. The van der Waals surface area contributed by atoms with Crippen molar-refractivity contribution in [1.82, 2.24) is 15.0 Å². The molecule has 0 saturated heterocycles. The molecule has 0 bridgehead atoms. The number of rotatable bonds is 8. The maximum atomic E-state index is 12.0. The molecule has 12 heteroatoms. The van der Waals surface area contributed by atoms with Gasteiger partial charge in [0.1, 0.15) is 24.2 Å². The smallest absolute Gasteiger partial charge is 0.473 e. The van der Waals surface area contributed by atoms with Crippen molar-refractivity contribution in [3.05, 3.63) is 58.2 Å². The molecule has 1 aromatic carbocycles. The Morgan fingerprint density at radius 1 is 1.18 bits per heavy atom. The van der Waals surface area contributed by atoms with E-state index in [4.69, 9.17) is 25.8 Å². The Labute approximate surface area is 190 Å². The molecule has 1 aromatic heterocycles. The van der Waals surface area contributed by atoms with E-state index in [2.05, 4.69) is 9.97 Å². The fourth-order valence-electron chi connectivity index (χ4n) is 3.28.